The van der Waals surface area contributed by atoms with Crippen molar-refractivity contribution in [2.75, 3.05) is 13.1 Å². The summed E-state index contributed by atoms with van der Waals surface area (Å²) >= 11 is 12.2. The van der Waals surface area contributed by atoms with Crippen LogP contribution in [0.15, 0.2) is 46.2 Å². The predicted molar refractivity (Wildman–Crippen MR) is 111 cm³/mol. The number of halogens is 2. The number of amides is 2. The fourth-order valence-electron chi connectivity index (χ4n) is 2.11. The molecule has 2 amide bonds. The van der Waals surface area contributed by atoms with E-state index in [2.05, 4.69) is 10.6 Å². The lowest BCUT2D eigenvalue weighted by atomic mass is 10.2. The van der Waals surface area contributed by atoms with Gasteiger partial charge in [0, 0.05) is 32.9 Å². The maximum atomic E-state index is 12.2. The minimum atomic E-state index is -0.165. The maximum Gasteiger partial charge on any atom is 0.252 e. The van der Waals surface area contributed by atoms with Crippen LogP contribution in [-0.2, 0) is 0 Å². The lowest BCUT2D eigenvalue weighted by molar-refractivity contribution is 0.0944. The molecule has 0 aliphatic carbocycles. The molecule has 0 saturated carbocycles. The molecular formula is C18H18Cl2N2O2S2. The van der Waals surface area contributed by atoms with Gasteiger partial charge in [-0.3, -0.25) is 9.59 Å². The zero-order valence-electron chi connectivity index (χ0n) is 14.3. The van der Waals surface area contributed by atoms with E-state index >= 15 is 0 Å². The minimum Gasteiger partial charge on any atom is -0.352 e. The Morgan fingerprint density at radius 2 is 1.19 bits per heavy atom. The van der Waals surface area contributed by atoms with Gasteiger partial charge in [0.05, 0.1) is 11.1 Å². The van der Waals surface area contributed by atoms with Crippen molar-refractivity contribution < 1.29 is 9.59 Å². The molecule has 0 aromatic heterocycles. The van der Waals surface area contributed by atoms with E-state index < -0.39 is 0 Å². The van der Waals surface area contributed by atoms with Gasteiger partial charge in [0.15, 0.2) is 0 Å². The Morgan fingerprint density at radius 3 is 1.54 bits per heavy atom. The molecular weight excluding hydrogens is 411 g/mol. The van der Waals surface area contributed by atoms with E-state index in [0.717, 1.165) is 9.79 Å². The molecule has 2 N–H and O–H groups in total. The van der Waals surface area contributed by atoms with Gasteiger partial charge in [-0.25, -0.2) is 0 Å². The average molecular weight is 429 g/mol. The first-order valence-electron chi connectivity index (χ1n) is 7.96. The number of hydrogen-bond acceptors (Lipinski definition) is 4. The molecule has 0 radical (unpaired) electrons. The Balaban J connectivity index is 2.29. The molecule has 0 bridgehead atoms. The second kappa shape index (κ2) is 10.1. The summed E-state index contributed by atoms with van der Waals surface area (Å²) in [5.74, 6) is -0.329. The molecule has 0 aliphatic rings. The van der Waals surface area contributed by atoms with Crippen molar-refractivity contribution in [3.8, 4) is 0 Å². The van der Waals surface area contributed by atoms with Crippen molar-refractivity contribution in [1.82, 2.24) is 10.6 Å². The number of nitrogens with one attached hydrogen (secondary N) is 2. The van der Waals surface area contributed by atoms with Crippen LogP contribution in [-0.4, -0.2) is 24.9 Å². The topological polar surface area (TPSA) is 58.2 Å². The molecule has 2 aromatic rings. The molecule has 0 spiro atoms. The second-order valence-electron chi connectivity index (χ2n) is 5.17. The summed E-state index contributed by atoms with van der Waals surface area (Å²) in [7, 11) is 2.72. The van der Waals surface area contributed by atoms with E-state index in [1.54, 1.807) is 36.4 Å². The highest BCUT2D eigenvalue weighted by atomic mass is 35.5. The Bertz CT molecular complexity index is 748. The molecule has 4 nitrogen and oxygen atoms in total. The highest BCUT2D eigenvalue weighted by Crippen LogP contribution is 2.42. The minimum absolute atomic E-state index is 0.165. The second-order valence-corrected chi connectivity index (χ2v) is 8.25. The molecule has 0 unspecified atom stereocenters. The van der Waals surface area contributed by atoms with Crippen LogP contribution in [0, 0.1) is 0 Å². The van der Waals surface area contributed by atoms with Crippen LogP contribution in [0.5, 0.6) is 0 Å². The van der Waals surface area contributed by atoms with Crippen LogP contribution in [0.2, 0.25) is 10.0 Å². The number of hydrogen-bond donors (Lipinski definition) is 2. The molecule has 0 fully saturated rings. The van der Waals surface area contributed by atoms with E-state index in [-0.39, 0.29) is 11.8 Å². The van der Waals surface area contributed by atoms with Crippen LogP contribution in [0.4, 0.5) is 0 Å². The van der Waals surface area contributed by atoms with E-state index in [0.29, 0.717) is 34.3 Å². The third-order valence-corrected chi connectivity index (χ3v) is 6.19. The van der Waals surface area contributed by atoms with Gasteiger partial charge in [0.25, 0.3) is 11.8 Å². The Labute approximate surface area is 170 Å². The van der Waals surface area contributed by atoms with Crippen molar-refractivity contribution in [3.63, 3.8) is 0 Å². The molecule has 2 aromatic carbocycles. The number of benzene rings is 2. The molecule has 0 heterocycles. The normalized spacial score (nSPS) is 10.5. The largest absolute Gasteiger partial charge is 0.352 e. The predicted octanol–water partition coefficient (Wildman–Crippen LogP) is 5.29. The smallest absolute Gasteiger partial charge is 0.252 e. The average Bonchev–Trinajstić information content (AvgIpc) is 2.60. The molecule has 26 heavy (non-hydrogen) atoms. The maximum absolute atomic E-state index is 12.2. The monoisotopic (exact) mass is 428 g/mol. The lowest BCUT2D eigenvalue weighted by Gasteiger charge is -2.12. The molecule has 0 aliphatic heterocycles. The standard InChI is InChI=1S/C18H18Cl2N2O2S2/c1-3-21-17(23)13-7-5-11(19)9-15(13)25-26-16-10-12(20)6-8-14(16)18(24)22-4-2/h5-10H,3-4H2,1-2H3,(H,21,23)(H,22,24). The van der Waals surface area contributed by atoms with Gasteiger partial charge < -0.3 is 10.6 Å². The fourth-order valence-corrected chi connectivity index (χ4v) is 4.98. The van der Waals surface area contributed by atoms with Crippen molar-refractivity contribution in [2.45, 2.75) is 23.6 Å². The van der Waals surface area contributed by atoms with Crippen molar-refractivity contribution in [3.05, 3.63) is 57.6 Å². The first-order valence-corrected chi connectivity index (χ1v) is 10.9. The molecule has 8 heteroatoms. The van der Waals surface area contributed by atoms with Gasteiger partial charge >= 0.3 is 0 Å². The molecule has 0 saturated heterocycles. The van der Waals surface area contributed by atoms with Crippen LogP contribution < -0.4 is 10.6 Å². The van der Waals surface area contributed by atoms with Gasteiger partial charge in [-0.2, -0.15) is 0 Å². The molecule has 0 atom stereocenters. The lowest BCUT2D eigenvalue weighted by Crippen LogP contribution is -2.23. The molecule has 2 rings (SSSR count). The van der Waals surface area contributed by atoms with Gasteiger partial charge in [0.2, 0.25) is 0 Å². The Kier molecular flexibility index (Phi) is 8.15. The summed E-state index contributed by atoms with van der Waals surface area (Å²) in [4.78, 5) is 25.9. The molecule has 138 valence electrons. The highest BCUT2D eigenvalue weighted by molar-refractivity contribution is 8.76. The fraction of sp³-hybridized carbons (Fsp3) is 0.222. The van der Waals surface area contributed by atoms with Gasteiger partial charge in [-0.05, 0) is 50.2 Å². The van der Waals surface area contributed by atoms with Gasteiger partial charge in [-0.15, -0.1) is 0 Å². The summed E-state index contributed by atoms with van der Waals surface area (Å²) in [5.41, 5.74) is 1.07. The third-order valence-electron chi connectivity index (χ3n) is 3.27. The zero-order chi connectivity index (χ0) is 19.1. The summed E-state index contributed by atoms with van der Waals surface area (Å²) in [5, 5.41) is 6.65. The zero-order valence-corrected chi connectivity index (χ0v) is 17.4. The van der Waals surface area contributed by atoms with E-state index in [9.17, 15) is 9.59 Å². The van der Waals surface area contributed by atoms with Crippen molar-refractivity contribution in [2.24, 2.45) is 0 Å². The van der Waals surface area contributed by atoms with E-state index in [4.69, 9.17) is 23.2 Å². The quantitative estimate of drug-likeness (QED) is 0.587. The van der Waals surface area contributed by atoms with Gasteiger partial charge in [0.1, 0.15) is 0 Å². The van der Waals surface area contributed by atoms with Crippen LogP contribution in [0.25, 0.3) is 0 Å². The summed E-state index contributed by atoms with van der Waals surface area (Å²) in [6.45, 7) is 4.79. The summed E-state index contributed by atoms with van der Waals surface area (Å²) in [6.07, 6.45) is 0. The van der Waals surface area contributed by atoms with Crippen LogP contribution in [0.1, 0.15) is 34.6 Å². The number of carbonyl (C=O) groups is 2. The van der Waals surface area contributed by atoms with E-state index in [1.165, 1.54) is 21.6 Å². The Hall–Kier alpha value is -1.34. The van der Waals surface area contributed by atoms with E-state index in [1.807, 2.05) is 13.8 Å². The number of carbonyl (C=O) groups excluding carboxylic acids is 2. The Morgan fingerprint density at radius 1 is 0.808 bits per heavy atom. The summed E-state index contributed by atoms with van der Waals surface area (Å²) < 4.78 is 0. The van der Waals surface area contributed by atoms with Gasteiger partial charge in [-0.1, -0.05) is 44.8 Å². The SMILES string of the molecule is CCNC(=O)c1ccc(Cl)cc1SSc1cc(Cl)ccc1C(=O)NCC. The third kappa shape index (κ3) is 5.58. The van der Waals surface area contributed by atoms with Crippen LogP contribution in [0.3, 0.4) is 0 Å². The summed E-state index contributed by atoms with van der Waals surface area (Å²) in [6, 6.07) is 10.2. The van der Waals surface area contributed by atoms with Crippen molar-refractivity contribution >= 4 is 56.6 Å². The highest BCUT2D eigenvalue weighted by Gasteiger charge is 2.16. The first-order chi connectivity index (χ1) is 12.5. The van der Waals surface area contributed by atoms with Crippen molar-refractivity contribution in [1.29, 1.82) is 0 Å². The van der Waals surface area contributed by atoms with Crippen LogP contribution >= 0.6 is 44.8 Å². The first kappa shape index (κ1) is 21.0. The number of rotatable bonds is 7.